The van der Waals surface area contributed by atoms with Gasteiger partial charge in [0.05, 0.1) is 12.7 Å². The van der Waals surface area contributed by atoms with Crippen molar-refractivity contribution in [1.82, 2.24) is 0 Å². The summed E-state index contributed by atoms with van der Waals surface area (Å²) in [6.07, 6.45) is -0.757. The van der Waals surface area contributed by atoms with Crippen LogP contribution in [0.15, 0.2) is 12.1 Å². The van der Waals surface area contributed by atoms with Gasteiger partial charge in [-0.3, -0.25) is 0 Å². The van der Waals surface area contributed by atoms with E-state index in [0.717, 1.165) is 16.7 Å². The van der Waals surface area contributed by atoms with Gasteiger partial charge >= 0.3 is 5.97 Å². The molecule has 106 valence electrons. The minimum absolute atomic E-state index is 0.414. The second kappa shape index (κ2) is 5.61. The average Bonchev–Trinajstić information content (AvgIpc) is 2.28. The molecule has 0 aliphatic heterocycles. The van der Waals surface area contributed by atoms with Crippen molar-refractivity contribution in [1.29, 1.82) is 0 Å². The van der Waals surface area contributed by atoms with Gasteiger partial charge in [-0.05, 0) is 57.4 Å². The third-order valence-electron chi connectivity index (χ3n) is 2.80. The van der Waals surface area contributed by atoms with E-state index in [1.807, 2.05) is 46.8 Å². The molecule has 0 heterocycles. The number of nitrogens with two attached hydrogens (primary N) is 1. The summed E-state index contributed by atoms with van der Waals surface area (Å²) in [6.45, 7) is 9.52. The Hall–Kier alpha value is -1.55. The van der Waals surface area contributed by atoms with Crippen LogP contribution in [0.1, 0.15) is 43.6 Å². The van der Waals surface area contributed by atoms with Crippen LogP contribution in [-0.2, 0) is 14.3 Å². The van der Waals surface area contributed by atoms with Gasteiger partial charge in [-0.15, -0.1) is 0 Å². The highest BCUT2D eigenvalue weighted by Gasteiger charge is 2.29. The maximum atomic E-state index is 12.0. The number of aryl methyl sites for hydroxylation is 1. The molecule has 0 aromatic heterocycles. The number of anilines is 1. The lowest BCUT2D eigenvalue weighted by Gasteiger charge is -2.27. The van der Waals surface area contributed by atoms with Crippen LogP contribution < -0.4 is 5.73 Å². The van der Waals surface area contributed by atoms with Crippen molar-refractivity contribution in [3.8, 4) is 0 Å². The Morgan fingerprint density at radius 3 is 2.32 bits per heavy atom. The van der Waals surface area contributed by atoms with Gasteiger partial charge in [0.2, 0.25) is 0 Å². The van der Waals surface area contributed by atoms with Gasteiger partial charge in [-0.1, -0.05) is 6.07 Å². The van der Waals surface area contributed by atoms with E-state index in [4.69, 9.17) is 15.2 Å². The number of methoxy groups -OCH3 is 1. The SMILES string of the molecule is COC(=O)C(OC(C)(C)C)c1cc(C)cc(N)c1C. The lowest BCUT2D eigenvalue weighted by molar-refractivity contribution is -0.164. The molecule has 1 unspecified atom stereocenters. The topological polar surface area (TPSA) is 61.5 Å². The third-order valence-corrected chi connectivity index (χ3v) is 2.80. The van der Waals surface area contributed by atoms with Gasteiger partial charge in [0, 0.05) is 5.69 Å². The molecular formula is C15H23NO3. The van der Waals surface area contributed by atoms with Crippen LogP contribution in [0.2, 0.25) is 0 Å². The Kier molecular flexibility index (Phi) is 4.58. The van der Waals surface area contributed by atoms with E-state index in [1.165, 1.54) is 7.11 Å². The lowest BCUT2D eigenvalue weighted by atomic mass is 9.98. The van der Waals surface area contributed by atoms with Crippen LogP contribution in [0.5, 0.6) is 0 Å². The molecule has 0 amide bonds. The highest BCUT2D eigenvalue weighted by molar-refractivity contribution is 5.78. The van der Waals surface area contributed by atoms with E-state index in [1.54, 1.807) is 0 Å². The fraction of sp³-hybridized carbons (Fsp3) is 0.533. The quantitative estimate of drug-likeness (QED) is 0.674. The first-order chi connectivity index (χ1) is 8.65. The van der Waals surface area contributed by atoms with E-state index in [0.29, 0.717) is 5.69 Å². The Morgan fingerprint density at radius 1 is 1.26 bits per heavy atom. The van der Waals surface area contributed by atoms with E-state index < -0.39 is 17.7 Å². The molecule has 2 N–H and O–H groups in total. The normalized spacial score (nSPS) is 13.2. The summed E-state index contributed by atoms with van der Waals surface area (Å²) in [5.74, 6) is -0.414. The number of esters is 1. The zero-order valence-corrected chi connectivity index (χ0v) is 12.5. The van der Waals surface area contributed by atoms with Crippen LogP contribution >= 0.6 is 0 Å². The lowest BCUT2D eigenvalue weighted by Crippen LogP contribution is -2.28. The Morgan fingerprint density at radius 2 is 1.84 bits per heavy atom. The fourth-order valence-corrected chi connectivity index (χ4v) is 1.89. The molecule has 0 aliphatic carbocycles. The zero-order chi connectivity index (χ0) is 14.8. The van der Waals surface area contributed by atoms with E-state index >= 15 is 0 Å². The number of hydrogen-bond donors (Lipinski definition) is 1. The molecule has 4 heteroatoms. The highest BCUT2D eigenvalue weighted by atomic mass is 16.6. The smallest absolute Gasteiger partial charge is 0.339 e. The number of nitrogen functional groups attached to an aromatic ring is 1. The molecule has 0 saturated carbocycles. The van der Waals surface area contributed by atoms with Gasteiger partial charge in [0.15, 0.2) is 6.10 Å². The number of benzene rings is 1. The van der Waals surface area contributed by atoms with Gasteiger partial charge in [-0.2, -0.15) is 0 Å². The predicted molar refractivity (Wildman–Crippen MR) is 75.9 cm³/mol. The van der Waals surface area contributed by atoms with E-state index in [2.05, 4.69) is 0 Å². The first-order valence-electron chi connectivity index (χ1n) is 6.28. The largest absolute Gasteiger partial charge is 0.467 e. The molecule has 19 heavy (non-hydrogen) atoms. The Labute approximate surface area is 114 Å². The summed E-state index contributed by atoms with van der Waals surface area (Å²) in [4.78, 5) is 12.0. The average molecular weight is 265 g/mol. The van der Waals surface area contributed by atoms with Gasteiger partial charge in [0.1, 0.15) is 0 Å². The van der Waals surface area contributed by atoms with Crippen molar-refractivity contribution in [2.45, 2.75) is 46.3 Å². The van der Waals surface area contributed by atoms with E-state index in [-0.39, 0.29) is 0 Å². The Bertz CT molecular complexity index is 475. The molecule has 0 bridgehead atoms. The van der Waals surface area contributed by atoms with Gasteiger partial charge < -0.3 is 15.2 Å². The summed E-state index contributed by atoms with van der Waals surface area (Å²) in [5.41, 5.74) is 8.76. The van der Waals surface area contributed by atoms with E-state index in [9.17, 15) is 4.79 Å². The first-order valence-corrected chi connectivity index (χ1v) is 6.28. The van der Waals surface area contributed by atoms with Crippen LogP contribution in [0.3, 0.4) is 0 Å². The third kappa shape index (κ3) is 3.96. The zero-order valence-electron chi connectivity index (χ0n) is 12.5. The second-order valence-corrected chi connectivity index (χ2v) is 5.70. The van der Waals surface area contributed by atoms with Crippen molar-refractivity contribution >= 4 is 11.7 Å². The van der Waals surface area contributed by atoms with Crippen LogP contribution in [0.25, 0.3) is 0 Å². The standard InChI is InChI=1S/C15H23NO3/c1-9-7-11(10(2)12(16)8-9)13(14(17)18-6)19-15(3,4)5/h7-8,13H,16H2,1-6H3. The number of carbonyl (C=O) groups excluding carboxylic acids is 1. The molecule has 4 nitrogen and oxygen atoms in total. The van der Waals surface area contributed by atoms with Crippen LogP contribution in [0.4, 0.5) is 5.69 Å². The van der Waals surface area contributed by atoms with Crippen molar-refractivity contribution in [3.05, 3.63) is 28.8 Å². The van der Waals surface area contributed by atoms with Crippen LogP contribution in [-0.4, -0.2) is 18.7 Å². The molecule has 0 fully saturated rings. The van der Waals surface area contributed by atoms with Crippen LogP contribution in [0, 0.1) is 13.8 Å². The monoisotopic (exact) mass is 265 g/mol. The number of hydrogen-bond acceptors (Lipinski definition) is 4. The van der Waals surface area contributed by atoms with Gasteiger partial charge in [-0.25, -0.2) is 4.79 Å². The summed E-state index contributed by atoms with van der Waals surface area (Å²) >= 11 is 0. The summed E-state index contributed by atoms with van der Waals surface area (Å²) < 4.78 is 10.7. The van der Waals surface area contributed by atoms with Crippen molar-refractivity contribution in [2.75, 3.05) is 12.8 Å². The highest BCUT2D eigenvalue weighted by Crippen LogP contribution is 2.31. The van der Waals surface area contributed by atoms with Crippen molar-refractivity contribution in [3.63, 3.8) is 0 Å². The molecule has 0 radical (unpaired) electrons. The molecule has 1 aromatic rings. The molecule has 0 aliphatic rings. The minimum atomic E-state index is -0.757. The fourth-order valence-electron chi connectivity index (χ4n) is 1.89. The first kappa shape index (κ1) is 15.5. The molecule has 1 rings (SSSR count). The summed E-state index contributed by atoms with van der Waals surface area (Å²) in [5, 5.41) is 0. The summed E-state index contributed by atoms with van der Waals surface area (Å²) in [7, 11) is 1.36. The Balaban J connectivity index is 3.29. The maximum Gasteiger partial charge on any atom is 0.339 e. The molecule has 1 atom stereocenters. The predicted octanol–water partition coefficient (Wildman–Crippen LogP) is 2.91. The number of carbonyl (C=O) groups is 1. The molecular weight excluding hydrogens is 242 g/mol. The molecule has 0 saturated heterocycles. The maximum absolute atomic E-state index is 12.0. The van der Waals surface area contributed by atoms with Crippen molar-refractivity contribution < 1.29 is 14.3 Å². The summed E-state index contributed by atoms with van der Waals surface area (Å²) in [6, 6.07) is 3.79. The molecule has 1 aromatic carbocycles. The minimum Gasteiger partial charge on any atom is -0.467 e. The van der Waals surface area contributed by atoms with Crippen molar-refractivity contribution in [2.24, 2.45) is 0 Å². The molecule has 0 spiro atoms. The number of rotatable bonds is 3. The van der Waals surface area contributed by atoms with Gasteiger partial charge in [0.25, 0.3) is 0 Å². The number of ether oxygens (including phenoxy) is 2. The second-order valence-electron chi connectivity index (χ2n) is 5.70.